The molecule has 0 saturated carbocycles. The highest BCUT2D eigenvalue weighted by Gasteiger charge is 2.11. The zero-order valence-electron chi connectivity index (χ0n) is 11.3. The molecule has 2 aromatic carbocycles. The summed E-state index contributed by atoms with van der Waals surface area (Å²) in [5.41, 5.74) is 6.87. The molecule has 0 aliphatic carbocycles. The molecule has 0 heterocycles. The average molecular weight is 325 g/mol. The van der Waals surface area contributed by atoms with Crippen LogP contribution in [0.5, 0.6) is 5.75 Å². The van der Waals surface area contributed by atoms with Gasteiger partial charge in [0.25, 0.3) is 5.91 Å². The Labute approximate surface area is 132 Å². The second-order valence-corrected chi connectivity index (χ2v) is 5.08. The number of ether oxygens (including phenoxy) is 1. The number of nitrogens with one attached hydrogen (secondary N) is 1. The Bertz CT molecular complexity index is 675. The van der Waals surface area contributed by atoms with Crippen LogP contribution >= 0.6 is 23.2 Å². The number of nitrogens with two attached hydrogens (primary N) is 1. The Balaban J connectivity index is 2.22. The first kappa shape index (κ1) is 15.5. The number of carbonyl (C=O) groups excluding carboxylic acids is 1. The van der Waals surface area contributed by atoms with Gasteiger partial charge in [0, 0.05) is 5.56 Å². The molecule has 2 aromatic rings. The van der Waals surface area contributed by atoms with E-state index in [0.29, 0.717) is 39.3 Å². The van der Waals surface area contributed by atoms with Crippen LogP contribution in [0, 0.1) is 0 Å². The minimum absolute atomic E-state index is 0.306. The van der Waals surface area contributed by atoms with Gasteiger partial charge in [-0.1, -0.05) is 29.3 Å². The second-order valence-electron chi connectivity index (χ2n) is 4.27. The zero-order chi connectivity index (χ0) is 15.4. The van der Waals surface area contributed by atoms with E-state index in [4.69, 9.17) is 33.7 Å². The van der Waals surface area contributed by atoms with Crippen LogP contribution in [0.2, 0.25) is 10.0 Å². The Hall–Kier alpha value is -1.91. The fourth-order valence-corrected chi connectivity index (χ4v) is 2.13. The van der Waals surface area contributed by atoms with Crippen molar-refractivity contribution >= 4 is 40.5 Å². The Morgan fingerprint density at radius 2 is 2.00 bits per heavy atom. The van der Waals surface area contributed by atoms with Crippen LogP contribution < -0.4 is 15.8 Å². The minimum Gasteiger partial charge on any atom is -0.494 e. The topological polar surface area (TPSA) is 64.3 Å². The molecule has 0 aliphatic rings. The summed E-state index contributed by atoms with van der Waals surface area (Å²) < 4.78 is 5.36. The van der Waals surface area contributed by atoms with Crippen molar-refractivity contribution in [2.75, 3.05) is 17.7 Å². The van der Waals surface area contributed by atoms with Crippen molar-refractivity contribution in [2.45, 2.75) is 6.92 Å². The van der Waals surface area contributed by atoms with Crippen LogP contribution in [-0.4, -0.2) is 12.5 Å². The van der Waals surface area contributed by atoms with Crippen LogP contribution in [-0.2, 0) is 0 Å². The Morgan fingerprint density at radius 1 is 1.24 bits per heavy atom. The molecule has 0 unspecified atom stereocenters. The molecule has 3 N–H and O–H groups in total. The highest BCUT2D eigenvalue weighted by Crippen LogP contribution is 2.31. The van der Waals surface area contributed by atoms with Gasteiger partial charge in [0.05, 0.1) is 28.0 Å². The van der Waals surface area contributed by atoms with Gasteiger partial charge in [-0.15, -0.1) is 0 Å². The van der Waals surface area contributed by atoms with Crippen molar-refractivity contribution in [1.29, 1.82) is 0 Å². The number of benzene rings is 2. The van der Waals surface area contributed by atoms with Crippen LogP contribution in [0.15, 0.2) is 36.4 Å². The molecular weight excluding hydrogens is 311 g/mol. The lowest BCUT2D eigenvalue weighted by atomic mass is 10.2. The number of rotatable bonds is 4. The summed E-state index contributed by atoms with van der Waals surface area (Å²) >= 11 is 12.0. The van der Waals surface area contributed by atoms with Gasteiger partial charge in [-0.25, -0.2) is 0 Å². The number of carbonyl (C=O) groups is 1. The molecule has 2 rings (SSSR count). The minimum atomic E-state index is -0.306. The Kier molecular flexibility index (Phi) is 4.94. The molecule has 0 atom stereocenters. The van der Waals surface area contributed by atoms with Crippen molar-refractivity contribution < 1.29 is 9.53 Å². The number of anilines is 2. The summed E-state index contributed by atoms with van der Waals surface area (Å²) in [5.74, 6) is 0.325. The third kappa shape index (κ3) is 3.80. The number of nitrogen functional groups attached to an aromatic ring is 1. The first-order valence-corrected chi connectivity index (χ1v) is 7.05. The zero-order valence-corrected chi connectivity index (χ0v) is 12.8. The predicted molar refractivity (Wildman–Crippen MR) is 86.4 cm³/mol. The maximum absolute atomic E-state index is 12.2. The van der Waals surface area contributed by atoms with Gasteiger partial charge >= 0.3 is 0 Å². The summed E-state index contributed by atoms with van der Waals surface area (Å²) in [4.78, 5) is 12.2. The highest BCUT2D eigenvalue weighted by atomic mass is 35.5. The molecule has 0 aromatic heterocycles. The van der Waals surface area contributed by atoms with Crippen molar-refractivity contribution in [3.05, 3.63) is 52.0 Å². The quantitative estimate of drug-likeness (QED) is 0.827. The van der Waals surface area contributed by atoms with E-state index in [1.54, 1.807) is 24.3 Å². The van der Waals surface area contributed by atoms with E-state index < -0.39 is 0 Å². The predicted octanol–water partition coefficient (Wildman–Crippen LogP) is 4.23. The number of hydrogen-bond donors (Lipinski definition) is 2. The molecule has 0 bridgehead atoms. The standard InChI is InChI=1S/C15H14Cl2N2O2/c1-2-21-10-5-3-4-9(6-10)15(20)19-14-8-11(16)13(18)7-12(14)17/h3-8H,2,18H2,1H3,(H,19,20). The molecule has 110 valence electrons. The molecule has 21 heavy (non-hydrogen) atoms. The number of amides is 1. The van der Waals surface area contributed by atoms with E-state index in [-0.39, 0.29) is 5.91 Å². The lowest BCUT2D eigenvalue weighted by Gasteiger charge is -2.10. The van der Waals surface area contributed by atoms with Crippen molar-refractivity contribution in [1.82, 2.24) is 0 Å². The van der Waals surface area contributed by atoms with Gasteiger partial charge < -0.3 is 15.8 Å². The summed E-state index contributed by atoms with van der Waals surface area (Å²) in [6.45, 7) is 2.41. The second kappa shape index (κ2) is 6.70. The van der Waals surface area contributed by atoms with E-state index in [9.17, 15) is 4.79 Å². The van der Waals surface area contributed by atoms with E-state index in [1.807, 2.05) is 6.92 Å². The number of halogens is 2. The molecule has 0 spiro atoms. The van der Waals surface area contributed by atoms with Gasteiger partial charge in [-0.3, -0.25) is 4.79 Å². The summed E-state index contributed by atoms with van der Waals surface area (Å²) in [6, 6.07) is 9.89. The van der Waals surface area contributed by atoms with Crippen LogP contribution in [0.3, 0.4) is 0 Å². The average Bonchev–Trinajstić information content (AvgIpc) is 2.45. The first-order valence-electron chi connectivity index (χ1n) is 6.30. The van der Waals surface area contributed by atoms with E-state index in [2.05, 4.69) is 5.32 Å². The smallest absolute Gasteiger partial charge is 0.255 e. The first-order chi connectivity index (χ1) is 10.0. The molecule has 1 amide bonds. The third-order valence-electron chi connectivity index (χ3n) is 2.74. The van der Waals surface area contributed by atoms with Gasteiger partial charge in [0.2, 0.25) is 0 Å². The van der Waals surface area contributed by atoms with Gasteiger partial charge in [0.1, 0.15) is 5.75 Å². The largest absolute Gasteiger partial charge is 0.494 e. The fraction of sp³-hybridized carbons (Fsp3) is 0.133. The highest BCUT2D eigenvalue weighted by molar-refractivity contribution is 6.37. The molecule has 6 heteroatoms. The molecule has 0 fully saturated rings. The maximum atomic E-state index is 12.2. The third-order valence-corrected chi connectivity index (χ3v) is 3.38. The van der Waals surface area contributed by atoms with Crippen molar-refractivity contribution in [3.8, 4) is 5.75 Å². The normalized spacial score (nSPS) is 10.2. The Morgan fingerprint density at radius 3 is 2.71 bits per heavy atom. The van der Waals surface area contributed by atoms with E-state index in [1.165, 1.54) is 12.1 Å². The van der Waals surface area contributed by atoms with Crippen LogP contribution in [0.1, 0.15) is 17.3 Å². The number of hydrogen-bond acceptors (Lipinski definition) is 3. The molecule has 4 nitrogen and oxygen atoms in total. The van der Waals surface area contributed by atoms with Crippen LogP contribution in [0.25, 0.3) is 0 Å². The molecule has 0 aliphatic heterocycles. The molecular formula is C15H14Cl2N2O2. The SMILES string of the molecule is CCOc1cccc(C(=O)Nc2cc(Cl)c(N)cc2Cl)c1. The van der Waals surface area contributed by atoms with Gasteiger partial charge in [-0.05, 0) is 37.3 Å². The van der Waals surface area contributed by atoms with Gasteiger partial charge in [-0.2, -0.15) is 0 Å². The monoisotopic (exact) mass is 324 g/mol. The molecule has 0 saturated heterocycles. The van der Waals surface area contributed by atoms with Crippen molar-refractivity contribution in [3.63, 3.8) is 0 Å². The molecule has 0 radical (unpaired) electrons. The fourth-order valence-electron chi connectivity index (χ4n) is 1.75. The lowest BCUT2D eigenvalue weighted by molar-refractivity contribution is 0.102. The lowest BCUT2D eigenvalue weighted by Crippen LogP contribution is -2.12. The summed E-state index contributed by atoms with van der Waals surface area (Å²) in [7, 11) is 0. The van der Waals surface area contributed by atoms with Gasteiger partial charge in [0.15, 0.2) is 0 Å². The van der Waals surface area contributed by atoms with E-state index >= 15 is 0 Å². The summed E-state index contributed by atoms with van der Waals surface area (Å²) in [5, 5.41) is 3.35. The summed E-state index contributed by atoms with van der Waals surface area (Å²) in [6.07, 6.45) is 0. The van der Waals surface area contributed by atoms with Crippen LogP contribution in [0.4, 0.5) is 11.4 Å². The van der Waals surface area contributed by atoms with E-state index in [0.717, 1.165) is 0 Å². The maximum Gasteiger partial charge on any atom is 0.255 e. The van der Waals surface area contributed by atoms with Crippen molar-refractivity contribution in [2.24, 2.45) is 0 Å².